The Kier molecular flexibility index (Phi) is 5.20. The molecule has 1 heterocycles. The number of carboxylic acid groups (broad SMARTS) is 2. The zero-order valence-electron chi connectivity index (χ0n) is 13.9. The highest BCUT2D eigenvalue weighted by Gasteiger charge is 2.24. The van der Waals surface area contributed by atoms with Crippen LogP contribution in [0.4, 0.5) is 10.5 Å². The minimum Gasteiger partial charge on any atom is -0.450 e. The van der Waals surface area contributed by atoms with Crippen molar-refractivity contribution in [3.8, 4) is 0 Å². The van der Waals surface area contributed by atoms with Crippen LogP contribution in [-0.2, 0) is 17.1 Å². The number of nitrogens with two attached hydrogens (primary N) is 1. The lowest BCUT2D eigenvalue weighted by molar-refractivity contribution is -0.383. The molecule has 0 aliphatic rings. The smallest absolute Gasteiger partial charge is 0.450 e. The van der Waals surface area contributed by atoms with Crippen LogP contribution < -0.4 is 16.3 Å². The van der Waals surface area contributed by atoms with Gasteiger partial charge in [-0.1, -0.05) is 12.1 Å². The summed E-state index contributed by atoms with van der Waals surface area (Å²) in [6.45, 7) is 0. The number of hydrogen-bond donors (Lipinski definition) is 4. The third-order valence-electron chi connectivity index (χ3n) is 3.66. The summed E-state index contributed by atoms with van der Waals surface area (Å²) in [5.74, 6) is 0. The molecule has 14 heteroatoms. The number of nitrogens with one attached hydrogen (secondary N) is 1. The number of H-pyrrole nitrogens is 1. The van der Waals surface area contributed by atoms with Crippen molar-refractivity contribution < 1.29 is 28.3 Å². The molecule has 28 heavy (non-hydrogen) atoms. The Hall–Kier alpha value is -3.78. The molecule has 0 aliphatic carbocycles. The second-order valence-corrected chi connectivity index (χ2v) is 6.90. The molecule has 0 atom stereocenters. The Morgan fingerprint density at radius 3 is 2.36 bits per heavy atom. The Morgan fingerprint density at radius 2 is 1.86 bits per heavy atom. The number of hydrogen-bond acceptors (Lipinski definition) is 7. The van der Waals surface area contributed by atoms with E-state index in [2.05, 4.69) is 4.98 Å². The minimum atomic E-state index is -4.25. The topological polar surface area (TPSA) is 216 Å². The van der Waals surface area contributed by atoms with Gasteiger partial charge < -0.3 is 19.8 Å². The van der Waals surface area contributed by atoms with Gasteiger partial charge in [-0.15, -0.1) is 0 Å². The van der Waals surface area contributed by atoms with Crippen molar-refractivity contribution in [3.63, 3.8) is 0 Å². The summed E-state index contributed by atoms with van der Waals surface area (Å²) in [5.41, 5.74) is -2.17. The molecular formula is C14H12N4O9S. The van der Waals surface area contributed by atoms with Crippen LogP contribution in [0.3, 0.4) is 0 Å². The van der Waals surface area contributed by atoms with Crippen molar-refractivity contribution in [2.45, 2.75) is 4.90 Å². The first-order valence-corrected chi connectivity index (χ1v) is 8.68. The van der Waals surface area contributed by atoms with Crippen LogP contribution in [0.2, 0.25) is 0 Å². The Bertz CT molecular complexity index is 1350. The number of benzene rings is 2. The first kappa shape index (κ1) is 20.5. The molecule has 13 nitrogen and oxygen atoms in total. The molecule has 0 spiro atoms. The van der Waals surface area contributed by atoms with Crippen molar-refractivity contribution in [2.24, 2.45) is 12.2 Å². The number of fused-ring (bicyclic) bond motifs is 3. The number of carbonyl (C=O) groups is 1. The maximum atomic E-state index is 11.9. The third-order valence-corrected chi connectivity index (χ3v) is 4.61. The number of nitro groups is 1. The number of sulfonamides is 1. The summed E-state index contributed by atoms with van der Waals surface area (Å²) in [4.78, 5) is 44.5. The lowest BCUT2D eigenvalue weighted by Crippen LogP contribution is -2.34. The highest BCUT2D eigenvalue weighted by Crippen LogP contribution is 2.35. The van der Waals surface area contributed by atoms with Gasteiger partial charge in [0.25, 0.3) is 5.69 Å². The van der Waals surface area contributed by atoms with E-state index in [1.807, 2.05) is 0 Å². The first-order valence-electron chi connectivity index (χ1n) is 7.14. The summed E-state index contributed by atoms with van der Waals surface area (Å²) in [6.07, 6.45) is -1.83. The molecule has 0 saturated carbocycles. The van der Waals surface area contributed by atoms with E-state index in [9.17, 15) is 28.1 Å². The number of non-ortho nitro benzene ring substituents is 1. The normalized spacial score (nSPS) is 11.1. The molecule has 0 aliphatic heterocycles. The molecule has 1 aromatic heterocycles. The number of nitrogens with zero attached hydrogens (tertiary/aromatic N) is 2. The molecule has 3 rings (SSSR count). The SMILES string of the molecule is Cn1c(=O)c(=O)[nH]c2cc([N+](=O)[O-])c3c(S(N)(=O)=O)cccc3c21.O=C(O)O. The van der Waals surface area contributed by atoms with E-state index < -0.39 is 42.8 Å². The number of primary sulfonamides is 1. The van der Waals surface area contributed by atoms with E-state index >= 15 is 0 Å². The van der Waals surface area contributed by atoms with Gasteiger partial charge >= 0.3 is 17.3 Å². The molecule has 3 aromatic rings. The quantitative estimate of drug-likeness (QED) is 0.195. The average Bonchev–Trinajstić information content (AvgIpc) is 2.56. The van der Waals surface area contributed by atoms with Crippen LogP contribution in [0.15, 0.2) is 38.8 Å². The molecule has 0 amide bonds. The van der Waals surface area contributed by atoms with Gasteiger partial charge in [0, 0.05) is 18.5 Å². The predicted octanol–water partition coefficient (Wildman–Crippen LogP) is 0.158. The van der Waals surface area contributed by atoms with Crippen LogP contribution in [0.5, 0.6) is 0 Å². The van der Waals surface area contributed by atoms with Gasteiger partial charge in [0.05, 0.1) is 26.2 Å². The summed E-state index contributed by atoms with van der Waals surface area (Å²) in [5, 5.41) is 30.4. The summed E-state index contributed by atoms with van der Waals surface area (Å²) in [6, 6.07) is 4.91. The van der Waals surface area contributed by atoms with Gasteiger partial charge in [0.2, 0.25) is 10.0 Å². The van der Waals surface area contributed by atoms with E-state index in [-0.39, 0.29) is 21.8 Å². The van der Waals surface area contributed by atoms with Gasteiger partial charge in [-0.2, -0.15) is 0 Å². The summed E-state index contributed by atoms with van der Waals surface area (Å²) < 4.78 is 24.6. The Labute approximate surface area is 154 Å². The monoisotopic (exact) mass is 412 g/mol. The minimum absolute atomic E-state index is 0.0351. The first-order chi connectivity index (χ1) is 12.9. The number of aromatic nitrogens is 2. The van der Waals surface area contributed by atoms with E-state index in [1.54, 1.807) is 0 Å². The number of aromatic amines is 1. The fourth-order valence-corrected chi connectivity index (χ4v) is 3.45. The highest BCUT2D eigenvalue weighted by atomic mass is 32.2. The molecule has 0 bridgehead atoms. The number of aryl methyl sites for hydroxylation is 1. The highest BCUT2D eigenvalue weighted by molar-refractivity contribution is 7.89. The molecule has 5 N–H and O–H groups in total. The standard InChI is InChI=1S/C13H10N4O6S.CH2O3/c1-16-11-6-3-2-4-9(24(14,22)23)10(6)8(17(20)21)5-7(11)15-12(18)13(16)19;2-1(3)4/h2-5H,1H3,(H,15,18)(H2,14,22,23);(H2,2,3,4). The van der Waals surface area contributed by atoms with E-state index in [0.29, 0.717) is 0 Å². The lowest BCUT2D eigenvalue weighted by Gasteiger charge is -2.11. The molecule has 2 aromatic carbocycles. The van der Waals surface area contributed by atoms with Crippen LogP contribution in [-0.4, -0.2) is 39.3 Å². The Balaban J connectivity index is 0.000000640. The molecule has 0 radical (unpaired) electrons. The summed E-state index contributed by atoms with van der Waals surface area (Å²) >= 11 is 0. The van der Waals surface area contributed by atoms with Crippen LogP contribution in [0, 0.1) is 10.1 Å². The van der Waals surface area contributed by atoms with Gasteiger partial charge in [-0.3, -0.25) is 19.7 Å². The maximum absolute atomic E-state index is 11.9. The molecule has 0 fully saturated rings. The average molecular weight is 412 g/mol. The second kappa shape index (κ2) is 7.09. The summed E-state index contributed by atoms with van der Waals surface area (Å²) in [7, 11) is -2.93. The second-order valence-electron chi connectivity index (χ2n) is 5.37. The lowest BCUT2D eigenvalue weighted by atomic mass is 10.1. The fraction of sp³-hybridized carbons (Fsp3) is 0.0714. The molecular weight excluding hydrogens is 400 g/mol. The van der Waals surface area contributed by atoms with Crippen molar-refractivity contribution in [3.05, 3.63) is 55.1 Å². The van der Waals surface area contributed by atoms with Crippen molar-refractivity contribution >= 4 is 43.7 Å². The largest absolute Gasteiger partial charge is 0.503 e. The molecule has 148 valence electrons. The zero-order valence-corrected chi connectivity index (χ0v) is 14.8. The maximum Gasteiger partial charge on any atom is 0.503 e. The number of rotatable bonds is 2. The fourth-order valence-electron chi connectivity index (χ4n) is 2.68. The zero-order chi connectivity index (χ0) is 21.4. The van der Waals surface area contributed by atoms with Crippen molar-refractivity contribution in [2.75, 3.05) is 0 Å². The van der Waals surface area contributed by atoms with Crippen molar-refractivity contribution in [1.82, 2.24) is 9.55 Å². The van der Waals surface area contributed by atoms with Crippen molar-refractivity contribution in [1.29, 1.82) is 0 Å². The predicted molar refractivity (Wildman–Crippen MR) is 96.0 cm³/mol. The van der Waals surface area contributed by atoms with Crippen LogP contribution in [0.1, 0.15) is 0 Å². The van der Waals surface area contributed by atoms with E-state index in [0.717, 1.165) is 16.7 Å². The third kappa shape index (κ3) is 3.67. The Morgan fingerprint density at radius 1 is 1.29 bits per heavy atom. The van der Waals surface area contributed by atoms with Gasteiger partial charge in [0.1, 0.15) is 0 Å². The van der Waals surface area contributed by atoms with Crippen LogP contribution >= 0.6 is 0 Å². The number of nitro benzene ring substituents is 1. The molecule has 0 saturated heterocycles. The van der Waals surface area contributed by atoms with Gasteiger partial charge in [-0.25, -0.2) is 18.4 Å². The van der Waals surface area contributed by atoms with Crippen LogP contribution in [0.25, 0.3) is 21.8 Å². The van der Waals surface area contributed by atoms with E-state index in [1.165, 1.54) is 19.2 Å². The molecule has 0 unspecified atom stereocenters. The van der Waals surface area contributed by atoms with Gasteiger partial charge in [-0.05, 0) is 6.07 Å². The van der Waals surface area contributed by atoms with E-state index in [4.69, 9.17) is 20.1 Å². The van der Waals surface area contributed by atoms with Gasteiger partial charge in [0.15, 0.2) is 0 Å².